The first-order valence-electron chi connectivity index (χ1n) is 10.6. The third-order valence-electron chi connectivity index (χ3n) is 5.68. The van der Waals surface area contributed by atoms with E-state index in [2.05, 4.69) is 20.6 Å². The number of nitrogens with zero attached hydrogens (tertiary/aromatic N) is 5. The van der Waals surface area contributed by atoms with Crippen molar-refractivity contribution in [2.45, 2.75) is 18.9 Å². The lowest BCUT2D eigenvalue weighted by Gasteiger charge is -2.31. The van der Waals surface area contributed by atoms with Gasteiger partial charge in [-0.15, -0.1) is 5.10 Å². The Balaban J connectivity index is 1.18. The van der Waals surface area contributed by atoms with Crippen LogP contribution >= 0.6 is 0 Å². The van der Waals surface area contributed by atoms with Crippen LogP contribution in [0.4, 0.5) is 0 Å². The zero-order chi connectivity index (χ0) is 21.9. The summed E-state index contributed by atoms with van der Waals surface area (Å²) in [5.41, 5.74) is 2.36. The van der Waals surface area contributed by atoms with Crippen LogP contribution in [0.1, 0.15) is 33.8 Å². The summed E-state index contributed by atoms with van der Waals surface area (Å²) in [7, 11) is 0. The normalized spacial score (nSPS) is 14.4. The van der Waals surface area contributed by atoms with Crippen molar-refractivity contribution >= 4 is 22.7 Å². The van der Waals surface area contributed by atoms with Crippen LogP contribution in [0.15, 0.2) is 72.9 Å². The quantitative estimate of drug-likeness (QED) is 0.542. The molecule has 1 aliphatic heterocycles. The molecule has 2 aromatic carbocycles. The molecule has 0 unspecified atom stereocenters. The van der Waals surface area contributed by atoms with Crippen LogP contribution in [0.3, 0.4) is 0 Å². The molecule has 8 heteroatoms. The maximum Gasteiger partial charge on any atom is 0.276 e. The Labute approximate surface area is 184 Å². The molecule has 0 aliphatic carbocycles. The fourth-order valence-electron chi connectivity index (χ4n) is 3.91. The molecule has 160 valence electrons. The molecule has 0 radical (unpaired) electrons. The first-order valence-corrected chi connectivity index (χ1v) is 10.6. The lowest BCUT2D eigenvalue weighted by atomic mass is 10.0. The predicted molar refractivity (Wildman–Crippen MR) is 119 cm³/mol. The summed E-state index contributed by atoms with van der Waals surface area (Å²) < 4.78 is 1.59. The number of benzene rings is 2. The van der Waals surface area contributed by atoms with Gasteiger partial charge in [-0.05, 0) is 37.1 Å². The van der Waals surface area contributed by atoms with Gasteiger partial charge in [-0.2, -0.15) is 0 Å². The van der Waals surface area contributed by atoms with Gasteiger partial charge in [-0.25, -0.2) is 9.67 Å². The number of carbonyl (C=O) groups excluding carboxylic acids is 2. The summed E-state index contributed by atoms with van der Waals surface area (Å²) in [6.07, 6.45) is 3.01. The molecule has 32 heavy (non-hydrogen) atoms. The van der Waals surface area contributed by atoms with Crippen LogP contribution in [0.25, 0.3) is 16.6 Å². The van der Waals surface area contributed by atoms with Gasteiger partial charge in [-0.1, -0.05) is 47.7 Å². The van der Waals surface area contributed by atoms with Crippen molar-refractivity contribution in [2.24, 2.45) is 0 Å². The highest BCUT2D eigenvalue weighted by molar-refractivity contribution is 5.95. The number of aromatic nitrogens is 4. The van der Waals surface area contributed by atoms with Gasteiger partial charge in [-0.3, -0.25) is 9.59 Å². The molecule has 1 aliphatic rings. The second-order valence-electron chi connectivity index (χ2n) is 7.81. The van der Waals surface area contributed by atoms with Gasteiger partial charge >= 0.3 is 0 Å². The summed E-state index contributed by atoms with van der Waals surface area (Å²) in [5, 5.41) is 12.2. The smallest absolute Gasteiger partial charge is 0.276 e. The van der Waals surface area contributed by atoms with Gasteiger partial charge in [0.2, 0.25) is 0 Å². The number of hydrogen-bond donors (Lipinski definition) is 1. The van der Waals surface area contributed by atoms with E-state index in [0.717, 1.165) is 16.6 Å². The SMILES string of the molecule is O=C(NC1CCN(C(=O)c2cn(-c3ccccc3)nn2)CC1)c1ccc2ccccc2n1. The van der Waals surface area contributed by atoms with E-state index in [1.165, 1.54) is 0 Å². The molecule has 8 nitrogen and oxygen atoms in total. The van der Waals surface area contributed by atoms with Crippen molar-refractivity contribution in [2.75, 3.05) is 13.1 Å². The Bertz CT molecular complexity index is 1260. The van der Waals surface area contributed by atoms with E-state index in [1.807, 2.05) is 60.7 Å². The molecule has 1 fully saturated rings. The summed E-state index contributed by atoms with van der Waals surface area (Å²) in [4.78, 5) is 31.7. The van der Waals surface area contributed by atoms with Gasteiger partial charge in [0, 0.05) is 24.5 Å². The van der Waals surface area contributed by atoms with E-state index < -0.39 is 0 Å². The van der Waals surface area contributed by atoms with Gasteiger partial charge in [0.25, 0.3) is 11.8 Å². The standard InChI is InChI=1S/C24H22N6O2/c31-23(21-11-10-17-6-4-5-9-20(17)26-21)25-18-12-14-29(15-13-18)24(32)22-16-30(28-27-22)19-7-2-1-3-8-19/h1-11,16,18H,12-15H2,(H,25,31). The summed E-state index contributed by atoms with van der Waals surface area (Å²) in [6, 6.07) is 20.9. The van der Waals surface area contributed by atoms with Gasteiger partial charge < -0.3 is 10.2 Å². The van der Waals surface area contributed by atoms with Crippen LogP contribution in [0.2, 0.25) is 0 Å². The zero-order valence-electron chi connectivity index (χ0n) is 17.4. The van der Waals surface area contributed by atoms with Crippen molar-refractivity contribution in [1.29, 1.82) is 0 Å². The highest BCUT2D eigenvalue weighted by Gasteiger charge is 2.26. The van der Waals surface area contributed by atoms with E-state index in [4.69, 9.17) is 0 Å². The number of para-hydroxylation sites is 2. The van der Waals surface area contributed by atoms with Gasteiger partial charge in [0.05, 0.1) is 17.4 Å². The fraction of sp³-hybridized carbons (Fsp3) is 0.208. The van der Waals surface area contributed by atoms with Crippen LogP contribution in [0.5, 0.6) is 0 Å². The lowest BCUT2D eigenvalue weighted by Crippen LogP contribution is -2.46. The molecule has 1 N–H and O–H groups in total. The van der Waals surface area contributed by atoms with Gasteiger partial charge in [0.1, 0.15) is 5.69 Å². The molecule has 2 aromatic heterocycles. The molecule has 5 rings (SSSR count). The van der Waals surface area contributed by atoms with E-state index in [1.54, 1.807) is 21.8 Å². The van der Waals surface area contributed by atoms with E-state index in [-0.39, 0.29) is 17.9 Å². The summed E-state index contributed by atoms with van der Waals surface area (Å²) in [6.45, 7) is 1.10. The van der Waals surface area contributed by atoms with E-state index >= 15 is 0 Å². The number of fused-ring (bicyclic) bond motifs is 1. The second-order valence-corrected chi connectivity index (χ2v) is 7.81. The predicted octanol–water partition coefficient (Wildman–Crippen LogP) is 2.85. The Hall–Kier alpha value is -4.07. The number of carbonyl (C=O) groups is 2. The first kappa shape index (κ1) is 19.9. The molecule has 1 saturated heterocycles. The highest BCUT2D eigenvalue weighted by atomic mass is 16.2. The molecule has 2 amide bonds. The third-order valence-corrected chi connectivity index (χ3v) is 5.68. The van der Waals surface area contributed by atoms with Crippen LogP contribution in [-0.2, 0) is 0 Å². The summed E-state index contributed by atoms with van der Waals surface area (Å²) >= 11 is 0. The topological polar surface area (TPSA) is 93.0 Å². The second kappa shape index (κ2) is 8.58. The number of hydrogen-bond acceptors (Lipinski definition) is 5. The summed E-state index contributed by atoms with van der Waals surface area (Å²) in [5.74, 6) is -0.334. The molecule has 0 saturated carbocycles. The van der Waals surface area contributed by atoms with Gasteiger partial charge in [0.15, 0.2) is 5.69 Å². The first-order chi connectivity index (χ1) is 15.7. The molecular weight excluding hydrogens is 404 g/mol. The molecule has 3 heterocycles. The van der Waals surface area contributed by atoms with Crippen LogP contribution in [0, 0.1) is 0 Å². The largest absolute Gasteiger partial charge is 0.348 e. The Morgan fingerprint density at radius 1 is 0.875 bits per heavy atom. The van der Waals surface area contributed by atoms with Crippen molar-refractivity contribution in [1.82, 2.24) is 30.2 Å². The average Bonchev–Trinajstić information content (AvgIpc) is 3.35. The molecule has 4 aromatic rings. The van der Waals surface area contributed by atoms with Crippen molar-refractivity contribution in [3.63, 3.8) is 0 Å². The van der Waals surface area contributed by atoms with Crippen molar-refractivity contribution in [3.8, 4) is 5.69 Å². The van der Waals surface area contributed by atoms with E-state index in [9.17, 15) is 9.59 Å². The number of nitrogens with one attached hydrogen (secondary N) is 1. The molecule has 0 bridgehead atoms. The molecule has 0 atom stereocenters. The Kier molecular flexibility index (Phi) is 5.33. The monoisotopic (exact) mass is 426 g/mol. The number of likely N-dealkylation sites (tertiary alicyclic amines) is 1. The average molecular weight is 426 g/mol. The minimum Gasteiger partial charge on any atom is -0.348 e. The van der Waals surface area contributed by atoms with Crippen LogP contribution in [-0.4, -0.2) is 55.8 Å². The maximum absolute atomic E-state index is 12.8. The third kappa shape index (κ3) is 4.07. The minimum absolute atomic E-state index is 0.000165. The minimum atomic E-state index is -0.189. The zero-order valence-corrected chi connectivity index (χ0v) is 17.4. The van der Waals surface area contributed by atoms with Crippen LogP contribution < -0.4 is 5.32 Å². The highest BCUT2D eigenvalue weighted by Crippen LogP contribution is 2.16. The number of rotatable bonds is 4. The lowest BCUT2D eigenvalue weighted by molar-refractivity contribution is 0.0692. The molecular formula is C24H22N6O2. The Morgan fingerprint density at radius 2 is 1.62 bits per heavy atom. The molecule has 0 spiro atoms. The number of piperidine rings is 1. The Morgan fingerprint density at radius 3 is 2.44 bits per heavy atom. The van der Waals surface area contributed by atoms with E-state index in [0.29, 0.717) is 37.3 Å². The number of amides is 2. The number of pyridine rings is 1. The van der Waals surface area contributed by atoms with Crippen molar-refractivity contribution in [3.05, 3.63) is 84.3 Å². The maximum atomic E-state index is 12.8. The fourth-order valence-corrected chi connectivity index (χ4v) is 3.91. The van der Waals surface area contributed by atoms with Crippen molar-refractivity contribution < 1.29 is 9.59 Å².